The lowest BCUT2D eigenvalue weighted by Gasteiger charge is -2.27. The molecule has 3 N–H and O–H groups in total. The highest BCUT2D eigenvalue weighted by atomic mass is 32.2. The predicted molar refractivity (Wildman–Crippen MR) is 173 cm³/mol. The summed E-state index contributed by atoms with van der Waals surface area (Å²) in [6.45, 7) is 10.6. The minimum absolute atomic E-state index is 0.204. The minimum atomic E-state index is -0.787. The van der Waals surface area contributed by atoms with Crippen molar-refractivity contribution in [2.75, 3.05) is 37.7 Å². The Morgan fingerprint density at radius 3 is 2.48 bits per heavy atom. The van der Waals surface area contributed by atoms with Crippen LogP contribution >= 0.6 is 23.1 Å². The van der Waals surface area contributed by atoms with Crippen LogP contribution in [-0.4, -0.2) is 77.4 Å². The summed E-state index contributed by atoms with van der Waals surface area (Å²) in [5.74, 6) is 1.41. The van der Waals surface area contributed by atoms with Gasteiger partial charge < -0.3 is 16.0 Å². The Morgan fingerprint density at radius 1 is 1.00 bits per heavy atom. The van der Waals surface area contributed by atoms with Gasteiger partial charge in [0, 0.05) is 56.1 Å². The van der Waals surface area contributed by atoms with E-state index in [1.54, 1.807) is 18.3 Å². The number of thiazole rings is 1. The van der Waals surface area contributed by atoms with E-state index in [0.29, 0.717) is 18.5 Å². The summed E-state index contributed by atoms with van der Waals surface area (Å²) in [6, 6.07) is 14.9. The van der Waals surface area contributed by atoms with E-state index in [2.05, 4.69) is 46.5 Å². The van der Waals surface area contributed by atoms with Gasteiger partial charge in [-0.2, -0.15) is 11.8 Å². The molecule has 0 spiro atoms. The Bertz CT molecular complexity index is 1370. The largest absolute Gasteiger partial charge is 0.350 e. The number of nitrogens with one attached hydrogen (secondary N) is 3. The van der Waals surface area contributed by atoms with Crippen molar-refractivity contribution in [1.82, 2.24) is 25.8 Å². The van der Waals surface area contributed by atoms with Crippen LogP contribution in [0.5, 0.6) is 0 Å². The Morgan fingerprint density at radius 2 is 1.76 bits per heavy atom. The van der Waals surface area contributed by atoms with Crippen molar-refractivity contribution in [3.63, 3.8) is 0 Å². The predicted octanol–water partition coefficient (Wildman–Crippen LogP) is 3.74. The highest BCUT2D eigenvalue weighted by Crippen LogP contribution is 2.24. The zero-order valence-electron chi connectivity index (χ0n) is 24.5. The molecule has 2 aromatic carbocycles. The van der Waals surface area contributed by atoms with Gasteiger partial charge in [-0.15, -0.1) is 11.3 Å². The second-order valence-electron chi connectivity index (χ2n) is 10.5. The third-order valence-electron chi connectivity index (χ3n) is 7.28. The molecule has 1 fully saturated rings. The van der Waals surface area contributed by atoms with E-state index in [1.807, 2.05) is 48.2 Å². The van der Waals surface area contributed by atoms with E-state index >= 15 is 0 Å². The minimum Gasteiger partial charge on any atom is -0.350 e. The molecule has 224 valence electrons. The molecule has 4 rings (SSSR count). The van der Waals surface area contributed by atoms with E-state index in [9.17, 15) is 14.4 Å². The van der Waals surface area contributed by atoms with Gasteiger partial charge in [-0.3, -0.25) is 19.3 Å². The third-order valence-corrected chi connectivity index (χ3v) is 9.26. The first kappa shape index (κ1) is 31.7. The maximum Gasteiger partial charge on any atom is 0.247 e. The number of hydrogen-bond acceptors (Lipinski definition) is 7. The lowest BCUT2D eigenvalue weighted by atomic mass is 10.0. The van der Waals surface area contributed by atoms with Crippen LogP contribution < -0.4 is 16.0 Å². The number of rotatable bonds is 14. The van der Waals surface area contributed by atoms with Crippen molar-refractivity contribution in [1.29, 1.82) is 0 Å². The third kappa shape index (κ3) is 9.40. The number of aromatic nitrogens is 1. The van der Waals surface area contributed by atoms with Crippen molar-refractivity contribution in [2.45, 2.75) is 51.6 Å². The van der Waals surface area contributed by atoms with E-state index in [1.165, 1.54) is 5.56 Å². The lowest BCUT2D eigenvalue weighted by Crippen LogP contribution is -2.53. The van der Waals surface area contributed by atoms with Gasteiger partial charge in [0.2, 0.25) is 17.7 Å². The second-order valence-corrected chi connectivity index (χ2v) is 12.9. The van der Waals surface area contributed by atoms with E-state index in [-0.39, 0.29) is 43.1 Å². The zero-order chi connectivity index (χ0) is 29.9. The van der Waals surface area contributed by atoms with Gasteiger partial charge in [-0.25, -0.2) is 4.98 Å². The highest BCUT2D eigenvalue weighted by Gasteiger charge is 2.26. The van der Waals surface area contributed by atoms with E-state index < -0.39 is 6.04 Å². The zero-order valence-corrected chi connectivity index (χ0v) is 26.1. The molecule has 2 atom stereocenters. The Balaban J connectivity index is 1.45. The van der Waals surface area contributed by atoms with Gasteiger partial charge in [-0.1, -0.05) is 56.8 Å². The Hall–Kier alpha value is -3.21. The standard InChI is InChI=1S/C32H41N5O3S2/c1-4-23-11-12-26-28(18-23)42-30(36-26)19-27(35-29(38)5-2)32(40)34-25(17-24-9-7-6-8-10-24)20-33-31(39)22(3)21-37-13-15-41-16-14-37/h6-12,18,25,27H,3-5,13-17,19-21H2,1-2H3,(H,33,39)(H,34,40)(H,35,38)/t25?,27-/m0/s1. The second kappa shape index (κ2) is 15.9. The van der Waals surface area contributed by atoms with Crippen molar-refractivity contribution in [3.8, 4) is 0 Å². The average molecular weight is 608 g/mol. The molecule has 1 aliphatic rings. The normalized spacial score (nSPS) is 15.1. The van der Waals surface area contributed by atoms with Crippen LogP contribution in [0.25, 0.3) is 10.2 Å². The summed E-state index contributed by atoms with van der Waals surface area (Å²) in [4.78, 5) is 46.0. The fraction of sp³-hybridized carbons (Fsp3) is 0.438. The number of hydrogen-bond donors (Lipinski definition) is 3. The smallest absolute Gasteiger partial charge is 0.247 e. The number of aryl methyl sites for hydroxylation is 1. The first-order valence-corrected chi connectivity index (χ1v) is 16.6. The quantitative estimate of drug-likeness (QED) is 0.241. The molecule has 0 radical (unpaired) electrons. The molecule has 1 aliphatic heterocycles. The number of fused-ring (bicyclic) bond motifs is 1. The van der Waals surface area contributed by atoms with Gasteiger partial charge in [0.25, 0.3) is 0 Å². The van der Waals surface area contributed by atoms with E-state index in [0.717, 1.165) is 51.8 Å². The average Bonchev–Trinajstić information content (AvgIpc) is 3.41. The molecule has 1 aromatic heterocycles. The molecule has 42 heavy (non-hydrogen) atoms. The van der Waals surface area contributed by atoms with Gasteiger partial charge >= 0.3 is 0 Å². The molecule has 1 unspecified atom stereocenters. The topological polar surface area (TPSA) is 103 Å². The highest BCUT2D eigenvalue weighted by molar-refractivity contribution is 7.99. The number of amides is 3. The number of benzene rings is 2. The molecule has 2 heterocycles. The van der Waals surface area contributed by atoms with Gasteiger partial charge in [-0.05, 0) is 36.1 Å². The van der Waals surface area contributed by atoms with E-state index in [4.69, 9.17) is 4.98 Å². The lowest BCUT2D eigenvalue weighted by molar-refractivity contribution is -0.129. The number of carbonyl (C=O) groups excluding carboxylic acids is 3. The Kier molecular flexibility index (Phi) is 12.0. The SMILES string of the molecule is C=C(CN1CCSCC1)C(=O)NCC(Cc1ccccc1)NC(=O)[C@H](Cc1nc2ccc(CC)cc2s1)NC(=O)CC. The van der Waals surface area contributed by atoms with Gasteiger partial charge in [0.05, 0.1) is 21.3 Å². The summed E-state index contributed by atoms with van der Waals surface area (Å²) in [5.41, 5.74) is 3.67. The monoisotopic (exact) mass is 607 g/mol. The maximum atomic E-state index is 13.7. The Labute approximate surface area is 256 Å². The molecule has 0 bridgehead atoms. The molecule has 10 heteroatoms. The number of carbonyl (C=O) groups is 3. The van der Waals surface area contributed by atoms with Crippen LogP contribution in [-0.2, 0) is 33.6 Å². The van der Waals surface area contributed by atoms with Crippen molar-refractivity contribution in [2.24, 2.45) is 0 Å². The van der Waals surface area contributed by atoms with Crippen LogP contribution in [0.15, 0.2) is 60.7 Å². The molecule has 1 saturated heterocycles. The molecular formula is C32H41N5O3S2. The molecular weight excluding hydrogens is 567 g/mol. The number of thioether (sulfide) groups is 1. The van der Waals surface area contributed by atoms with Crippen molar-refractivity contribution < 1.29 is 14.4 Å². The summed E-state index contributed by atoms with van der Waals surface area (Å²) >= 11 is 3.47. The molecule has 0 aliphatic carbocycles. The van der Waals surface area contributed by atoms with Gasteiger partial charge in [0.15, 0.2) is 0 Å². The fourth-order valence-electron chi connectivity index (χ4n) is 4.82. The number of nitrogens with zero attached hydrogens (tertiary/aromatic N) is 2. The van der Waals surface area contributed by atoms with Crippen molar-refractivity contribution >= 4 is 51.0 Å². The molecule has 0 saturated carbocycles. The maximum absolute atomic E-state index is 13.7. The van der Waals surface area contributed by atoms with Crippen LogP contribution in [0.2, 0.25) is 0 Å². The van der Waals surface area contributed by atoms with Crippen molar-refractivity contribution in [3.05, 3.63) is 76.8 Å². The summed E-state index contributed by atoms with van der Waals surface area (Å²) in [7, 11) is 0. The van der Waals surface area contributed by atoms with Crippen LogP contribution in [0, 0.1) is 0 Å². The van der Waals surface area contributed by atoms with Crippen LogP contribution in [0.1, 0.15) is 36.4 Å². The first-order chi connectivity index (χ1) is 20.3. The molecule has 3 amide bonds. The molecule has 3 aromatic rings. The molecule has 8 nitrogen and oxygen atoms in total. The van der Waals surface area contributed by atoms with Crippen LogP contribution in [0.4, 0.5) is 0 Å². The summed E-state index contributed by atoms with van der Waals surface area (Å²) in [5, 5.41) is 9.77. The summed E-state index contributed by atoms with van der Waals surface area (Å²) < 4.78 is 1.07. The van der Waals surface area contributed by atoms with Gasteiger partial charge in [0.1, 0.15) is 6.04 Å². The van der Waals surface area contributed by atoms with Crippen LogP contribution in [0.3, 0.4) is 0 Å². The fourth-order valence-corrected chi connectivity index (χ4v) is 6.88. The summed E-state index contributed by atoms with van der Waals surface area (Å²) in [6.07, 6.45) is 2.02. The first-order valence-electron chi connectivity index (χ1n) is 14.6.